The molecule has 1 radical (unpaired) electrons. The number of hydrogen-bond donors (Lipinski definition) is 1. The van der Waals surface area contributed by atoms with Crippen LogP contribution in [0.2, 0.25) is 0 Å². The van der Waals surface area contributed by atoms with Gasteiger partial charge in [0.25, 0.3) is 5.91 Å². The van der Waals surface area contributed by atoms with Crippen molar-refractivity contribution < 1.29 is 19.4 Å². The maximum Gasteiger partial charge on any atom is 0.263 e. The van der Waals surface area contributed by atoms with Crippen molar-refractivity contribution in [2.75, 3.05) is 11.7 Å². The molecule has 0 saturated heterocycles. The molecule has 23 heavy (non-hydrogen) atoms. The quantitative estimate of drug-likeness (QED) is 0.876. The number of aliphatic hydroxyl groups excluding tert-OH is 1. The Morgan fingerprint density at radius 3 is 2.65 bits per heavy atom. The molecule has 6 heteroatoms. The minimum Gasteiger partial charge on any atom is -0.509 e. The number of halogens is 1. The second-order valence-electron chi connectivity index (χ2n) is 5.18. The van der Waals surface area contributed by atoms with Gasteiger partial charge in [-0.25, -0.2) is 0 Å². The van der Waals surface area contributed by atoms with E-state index in [1.165, 1.54) is 4.90 Å². The standard InChI is InChI=1S/C17H11BrNO4/c18-11-3-1-10(2-4-11)17-13(20)8-16(21)19(17)12-5-6-14-15(7-12)23-9-22-14/h1-7,17,20H,9H2. The summed E-state index contributed by atoms with van der Waals surface area (Å²) in [5.74, 6) is 0.724. The molecule has 1 N–H and O–H groups in total. The Bertz CT molecular complexity index is 816. The van der Waals surface area contributed by atoms with E-state index in [0.29, 0.717) is 17.2 Å². The molecule has 0 fully saturated rings. The van der Waals surface area contributed by atoms with E-state index in [4.69, 9.17) is 9.47 Å². The highest BCUT2D eigenvalue weighted by Crippen LogP contribution is 2.41. The Hall–Kier alpha value is -2.47. The largest absolute Gasteiger partial charge is 0.509 e. The average molecular weight is 373 g/mol. The van der Waals surface area contributed by atoms with Gasteiger partial charge in [-0.3, -0.25) is 9.69 Å². The number of carbonyl (C=O) groups excluding carboxylic acids is 1. The fourth-order valence-electron chi connectivity index (χ4n) is 2.73. The van der Waals surface area contributed by atoms with E-state index in [1.807, 2.05) is 24.3 Å². The van der Waals surface area contributed by atoms with Crippen LogP contribution >= 0.6 is 15.9 Å². The SMILES string of the molecule is O=C1[C]=C(O)C(c2ccc(Br)cc2)N1c1ccc2c(c1)OCO2. The van der Waals surface area contributed by atoms with Gasteiger partial charge >= 0.3 is 0 Å². The number of anilines is 1. The molecular formula is C17H11BrNO4. The zero-order valence-corrected chi connectivity index (χ0v) is 13.4. The Morgan fingerprint density at radius 1 is 1.13 bits per heavy atom. The highest BCUT2D eigenvalue weighted by Gasteiger charge is 2.36. The van der Waals surface area contributed by atoms with Crippen LogP contribution in [0.25, 0.3) is 0 Å². The average Bonchev–Trinajstić information content (AvgIpc) is 3.11. The van der Waals surface area contributed by atoms with Crippen molar-refractivity contribution in [2.24, 2.45) is 0 Å². The molecule has 1 amide bonds. The van der Waals surface area contributed by atoms with E-state index >= 15 is 0 Å². The number of aliphatic hydroxyl groups is 1. The molecule has 0 aliphatic carbocycles. The minimum atomic E-state index is -0.601. The Balaban J connectivity index is 1.76. The molecule has 1 unspecified atom stereocenters. The summed E-state index contributed by atoms with van der Waals surface area (Å²) in [6.07, 6.45) is 2.47. The highest BCUT2D eigenvalue weighted by molar-refractivity contribution is 9.10. The lowest BCUT2D eigenvalue weighted by Crippen LogP contribution is -2.29. The number of amides is 1. The number of carbonyl (C=O) groups is 1. The number of ether oxygens (including phenoxy) is 2. The number of rotatable bonds is 2. The lowest BCUT2D eigenvalue weighted by atomic mass is 10.0. The Morgan fingerprint density at radius 2 is 1.87 bits per heavy atom. The van der Waals surface area contributed by atoms with Gasteiger partial charge in [-0.1, -0.05) is 28.1 Å². The molecule has 0 spiro atoms. The lowest BCUT2D eigenvalue weighted by Gasteiger charge is -2.26. The smallest absolute Gasteiger partial charge is 0.263 e. The van der Waals surface area contributed by atoms with E-state index in [1.54, 1.807) is 18.2 Å². The summed E-state index contributed by atoms with van der Waals surface area (Å²) in [5, 5.41) is 10.2. The molecule has 5 nitrogen and oxygen atoms in total. The molecule has 2 aliphatic heterocycles. The van der Waals surface area contributed by atoms with E-state index in [9.17, 15) is 9.90 Å². The predicted octanol–water partition coefficient (Wildman–Crippen LogP) is 3.51. The summed E-state index contributed by atoms with van der Waals surface area (Å²) in [6, 6.07) is 12.1. The monoisotopic (exact) mass is 372 g/mol. The van der Waals surface area contributed by atoms with E-state index in [0.717, 1.165) is 10.0 Å². The third-order valence-corrected chi connectivity index (χ3v) is 4.32. The van der Waals surface area contributed by atoms with E-state index in [2.05, 4.69) is 22.0 Å². The normalized spacial score (nSPS) is 19.2. The molecule has 115 valence electrons. The van der Waals surface area contributed by atoms with Gasteiger partial charge < -0.3 is 14.6 Å². The second kappa shape index (κ2) is 5.31. The lowest BCUT2D eigenvalue weighted by molar-refractivity contribution is -0.114. The van der Waals surface area contributed by atoms with Crippen LogP contribution in [0.4, 0.5) is 5.69 Å². The van der Waals surface area contributed by atoms with Crippen LogP contribution in [-0.2, 0) is 4.79 Å². The first-order valence-corrected chi connectivity index (χ1v) is 7.74. The summed E-state index contributed by atoms with van der Waals surface area (Å²) in [7, 11) is 0. The zero-order chi connectivity index (χ0) is 16.0. The van der Waals surface area contributed by atoms with Crippen molar-refractivity contribution in [2.45, 2.75) is 6.04 Å². The maximum atomic E-state index is 12.3. The summed E-state index contributed by atoms with van der Waals surface area (Å²) in [5.41, 5.74) is 1.41. The van der Waals surface area contributed by atoms with Gasteiger partial charge in [-0.05, 0) is 29.8 Å². The maximum absolute atomic E-state index is 12.3. The molecule has 0 saturated carbocycles. The molecule has 1 atom stereocenters. The molecule has 2 aliphatic rings. The molecule has 4 rings (SSSR count). The van der Waals surface area contributed by atoms with Gasteiger partial charge in [-0.2, -0.15) is 0 Å². The van der Waals surface area contributed by atoms with Crippen LogP contribution in [0.1, 0.15) is 11.6 Å². The van der Waals surface area contributed by atoms with Gasteiger partial charge in [-0.15, -0.1) is 0 Å². The van der Waals surface area contributed by atoms with Crippen LogP contribution in [0.3, 0.4) is 0 Å². The van der Waals surface area contributed by atoms with Gasteiger partial charge in [0.15, 0.2) is 11.5 Å². The highest BCUT2D eigenvalue weighted by atomic mass is 79.9. The van der Waals surface area contributed by atoms with Crippen molar-refractivity contribution in [3.63, 3.8) is 0 Å². The van der Waals surface area contributed by atoms with Crippen molar-refractivity contribution in [3.05, 3.63) is 64.3 Å². The topological polar surface area (TPSA) is 59.0 Å². The molecular weight excluding hydrogens is 362 g/mol. The first kappa shape index (κ1) is 14.1. The van der Waals surface area contributed by atoms with Crippen LogP contribution in [0.5, 0.6) is 11.5 Å². The summed E-state index contributed by atoms with van der Waals surface area (Å²) in [6.45, 7) is 0.165. The first-order chi connectivity index (χ1) is 11.1. The third kappa shape index (κ3) is 2.35. The number of benzene rings is 2. The van der Waals surface area contributed by atoms with Gasteiger partial charge in [0.05, 0.1) is 6.08 Å². The third-order valence-electron chi connectivity index (χ3n) is 3.79. The van der Waals surface area contributed by atoms with Crippen LogP contribution in [0.15, 0.2) is 52.7 Å². The van der Waals surface area contributed by atoms with Gasteiger partial charge in [0.1, 0.15) is 11.8 Å². The summed E-state index contributed by atoms with van der Waals surface area (Å²) < 4.78 is 11.6. The first-order valence-electron chi connectivity index (χ1n) is 6.94. The van der Waals surface area contributed by atoms with Crippen LogP contribution in [-0.4, -0.2) is 17.8 Å². The Labute approximate surface area is 140 Å². The Kier molecular flexibility index (Phi) is 3.27. The molecule has 2 aromatic rings. The van der Waals surface area contributed by atoms with Crippen LogP contribution in [0, 0.1) is 6.08 Å². The van der Waals surface area contributed by atoms with Crippen LogP contribution < -0.4 is 14.4 Å². The predicted molar refractivity (Wildman–Crippen MR) is 86.3 cm³/mol. The fourth-order valence-corrected chi connectivity index (χ4v) is 3.00. The molecule has 2 heterocycles. The van der Waals surface area contributed by atoms with Crippen molar-refractivity contribution in [3.8, 4) is 11.5 Å². The van der Waals surface area contributed by atoms with Gasteiger partial charge in [0.2, 0.25) is 6.79 Å². The van der Waals surface area contributed by atoms with E-state index < -0.39 is 11.9 Å². The van der Waals surface area contributed by atoms with Crippen molar-refractivity contribution in [1.29, 1.82) is 0 Å². The van der Waals surface area contributed by atoms with Gasteiger partial charge in [0, 0.05) is 16.2 Å². The second-order valence-corrected chi connectivity index (χ2v) is 6.09. The molecule has 0 aromatic heterocycles. The van der Waals surface area contributed by atoms with Crippen molar-refractivity contribution >= 4 is 27.5 Å². The number of hydrogen-bond acceptors (Lipinski definition) is 4. The number of fused-ring (bicyclic) bond motifs is 1. The molecule has 2 aromatic carbocycles. The van der Waals surface area contributed by atoms with Crippen molar-refractivity contribution in [1.82, 2.24) is 0 Å². The fraction of sp³-hybridized carbons (Fsp3) is 0.118. The summed E-state index contributed by atoms with van der Waals surface area (Å²) >= 11 is 3.38. The molecule has 0 bridgehead atoms. The zero-order valence-electron chi connectivity index (χ0n) is 11.8. The summed E-state index contributed by atoms with van der Waals surface area (Å²) in [4.78, 5) is 13.8. The minimum absolute atomic E-state index is 0.102. The number of nitrogens with zero attached hydrogens (tertiary/aromatic N) is 1. The van der Waals surface area contributed by atoms with E-state index in [-0.39, 0.29) is 12.6 Å².